The van der Waals surface area contributed by atoms with Crippen molar-refractivity contribution in [1.82, 2.24) is 0 Å². The van der Waals surface area contributed by atoms with Gasteiger partial charge in [-0.15, -0.1) is 0 Å². The van der Waals surface area contributed by atoms with Gasteiger partial charge in [-0.2, -0.15) is 0 Å². The molecule has 5 fully saturated rings. The van der Waals surface area contributed by atoms with E-state index in [0.29, 0.717) is 23.7 Å². The molecule has 0 amide bonds. The highest BCUT2D eigenvalue weighted by atomic mass is 16.6. The summed E-state index contributed by atoms with van der Waals surface area (Å²) in [5.41, 5.74) is 0.423. The average Bonchev–Trinajstić information content (AvgIpc) is 3.38. The number of rotatable bonds is 2. The van der Waals surface area contributed by atoms with Crippen molar-refractivity contribution >= 4 is 6.29 Å². The van der Waals surface area contributed by atoms with Crippen LogP contribution < -0.4 is 5.63 Å². The Labute approximate surface area is 170 Å². The summed E-state index contributed by atoms with van der Waals surface area (Å²) >= 11 is 0. The maximum Gasteiger partial charge on any atom is 0.335 e. The lowest BCUT2D eigenvalue weighted by Gasteiger charge is -2.60. The normalized spacial score (nSPS) is 52.6. The summed E-state index contributed by atoms with van der Waals surface area (Å²) in [6.07, 6.45) is 10.5. The fraction of sp³-hybridized carbons (Fsp3) is 0.750. The molecule has 1 aliphatic heterocycles. The molecular formula is C24H30O5. The Morgan fingerprint density at radius 1 is 1.10 bits per heavy atom. The van der Waals surface area contributed by atoms with Gasteiger partial charge in [0, 0.05) is 16.9 Å². The van der Waals surface area contributed by atoms with Gasteiger partial charge in [-0.25, -0.2) is 4.79 Å². The van der Waals surface area contributed by atoms with E-state index in [0.717, 1.165) is 56.9 Å². The van der Waals surface area contributed by atoms with E-state index in [1.54, 1.807) is 6.26 Å². The molecule has 1 aromatic heterocycles. The molecule has 5 heteroatoms. The first kappa shape index (κ1) is 18.3. The average molecular weight is 398 g/mol. The first-order chi connectivity index (χ1) is 13.9. The second-order valence-electron chi connectivity index (χ2n) is 10.7. The molecule has 6 rings (SSSR count). The minimum atomic E-state index is -0.303. The van der Waals surface area contributed by atoms with Crippen LogP contribution in [-0.2, 0) is 9.53 Å². The third-order valence-corrected chi connectivity index (χ3v) is 9.97. The lowest BCUT2D eigenvalue weighted by atomic mass is 9.44. The summed E-state index contributed by atoms with van der Waals surface area (Å²) in [6.45, 7) is 2.37. The summed E-state index contributed by atoms with van der Waals surface area (Å²) < 4.78 is 11.7. The van der Waals surface area contributed by atoms with Gasteiger partial charge < -0.3 is 19.1 Å². The van der Waals surface area contributed by atoms with Crippen LogP contribution in [0.15, 0.2) is 27.6 Å². The first-order valence-corrected chi connectivity index (χ1v) is 11.4. The van der Waals surface area contributed by atoms with E-state index in [9.17, 15) is 14.7 Å². The van der Waals surface area contributed by atoms with Crippen molar-refractivity contribution in [2.75, 3.05) is 0 Å². The fourth-order valence-corrected chi connectivity index (χ4v) is 8.66. The second kappa shape index (κ2) is 5.82. The molecule has 0 radical (unpaired) electrons. The van der Waals surface area contributed by atoms with Crippen molar-refractivity contribution in [3.63, 3.8) is 0 Å². The van der Waals surface area contributed by atoms with E-state index >= 15 is 0 Å². The Morgan fingerprint density at radius 3 is 2.72 bits per heavy atom. The molecule has 1 N–H and O–H groups in total. The minimum Gasteiger partial charge on any atom is -0.431 e. The highest BCUT2D eigenvalue weighted by Gasteiger charge is 2.80. The number of carbonyl (C=O) groups excluding carboxylic acids is 1. The van der Waals surface area contributed by atoms with Crippen LogP contribution >= 0.6 is 0 Å². The molecule has 29 heavy (non-hydrogen) atoms. The topological polar surface area (TPSA) is 80.0 Å². The Morgan fingerprint density at radius 2 is 1.97 bits per heavy atom. The van der Waals surface area contributed by atoms with E-state index < -0.39 is 0 Å². The van der Waals surface area contributed by atoms with Crippen LogP contribution in [0.1, 0.15) is 69.8 Å². The van der Waals surface area contributed by atoms with Gasteiger partial charge in [-0.1, -0.05) is 6.92 Å². The number of hydrogen-bond donors (Lipinski definition) is 1. The van der Waals surface area contributed by atoms with Crippen molar-refractivity contribution in [1.29, 1.82) is 0 Å². The van der Waals surface area contributed by atoms with Crippen LogP contribution in [-0.4, -0.2) is 29.2 Å². The number of fused-ring (bicyclic) bond motifs is 3. The molecule has 1 spiro atoms. The van der Waals surface area contributed by atoms with Gasteiger partial charge in [0.05, 0.1) is 18.5 Å². The monoisotopic (exact) mass is 398 g/mol. The van der Waals surface area contributed by atoms with Crippen LogP contribution in [0, 0.1) is 28.6 Å². The molecule has 9 atom stereocenters. The quantitative estimate of drug-likeness (QED) is 0.610. The van der Waals surface area contributed by atoms with Crippen LogP contribution in [0.4, 0.5) is 0 Å². The third-order valence-electron chi connectivity index (χ3n) is 9.97. The van der Waals surface area contributed by atoms with Crippen molar-refractivity contribution < 1.29 is 19.1 Å². The molecule has 2 heterocycles. The molecule has 0 bridgehead atoms. The predicted molar refractivity (Wildman–Crippen MR) is 105 cm³/mol. The van der Waals surface area contributed by atoms with Gasteiger partial charge in [-0.3, -0.25) is 0 Å². The van der Waals surface area contributed by atoms with E-state index in [1.165, 1.54) is 12.4 Å². The Balaban J connectivity index is 1.37. The molecule has 2 unspecified atom stereocenters. The van der Waals surface area contributed by atoms with E-state index in [-0.39, 0.29) is 34.3 Å². The molecule has 4 saturated carbocycles. The minimum absolute atomic E-state index is 0.0177. The third kappa shape index (κ3) is 2.13. The molecular weight excluding hydrogens is 368 g/mol. The number of epoxide rings is 1. The molecule has 4 aliphatic carbocycles. The van der Waals surface area contributed by atoms with Gasteiger partial charge in [0.2, 0.25) is 0 Å². The van der Waals surface area contributed by atoms with Crippen molar-refractivity contribution in [2.45, 2.75) is 82.0 Å². The lowest BCUT2D eigenvalue weighted by Crippen LogP contribution is -2.59. The number of aliphatic hydroxyl groups excluding tert-OH is 1. The molecule has 5 aliphatic rings. The Kier molecular flexibility index (Phi) is 3.68. The van der Waals surface area contributed by atoms with Crippen LogP contribution in [0.3, 0.4) is 0 Å². The number of aldehydes is 1. The van der Waals surface area contributed by atoms with Gasteiger partial charge >= 0.3 is 5.63 Å². The zero-order chi connectivity index (χ0) is 20.0. The fourth-order valence-electron chi connectivity index (χ4n) is 8.66. The van der Waals surface area contributed by atoms with E-state index in [1.807, 2.05) is 6.07 Å². The zero-order valence-corrected chi connectivity index (χ0v) is 17.0. The van der Waals surface area contributed by atoms with Crippen LogP contribution in [0.5, 0.6) is 0 Å². The van der Waals surface area contributed by atoms with Crippen molar-refractivity contribution in [3.05, 3.63) is 34.4 Å². The molecule has 1 saturated heterocycles. The van der Waals surface area contributed by atoms with Gasteiger partial charge in [-0.05, 0) is 86.7 Å². The van der Waals surface area contributed by atoms with Crippen molar-refractivity contribution in [2.24, 2.45) is 28.6 Å². The SMILES string of the molecule is C[C@]12CCC3[C@@H](CCC4C[C@@H](O)CC[C@@]43C=O)[C@]13O[C@@H]3C[C@@H]2c1ccc(=O)oc1. The molecule has 5 nitrogen and oxygen atoms in total. The number of hydrogen-bond acceptors (Lipinski definition) is 5. The highest BCUT2D eigenvalue weighted by molar-refractivity contribution is 5.62. The van der Waals surface area contributed by atoms with E-state index in [2.05, 4.69) is 6.92 Å². The smallest absolute Gasteiger partial charge is 0.335 e. The van der Waals surface area contributed by atoms with Gasteiger partial charge in [0.1, 0.15) is 11.9 Å². The summed E-state index contributed by atoms with van der Waals surface area (Å²) in [4.78, 5) is 24.0. The Hall–Kier alpha value is -1.46. The predicted octanol–water partition coefficient (Wildman–Crippen LogP) is 3.44. The molecule has 156 valence electrons. The van der Waals surface area contributed by atoms with Crippen LogP contribution in [0.2, 0.25) is 0 Å². The number of ether oxygens (including phenoxy) is 1. The maximum atomic E-state index is 12.5. The lowest BCUT2D eigenvalue weighted by molar-refractivity contribution is -0.158. The highest BCUT2D eigenvalue weighted by Crippen LogP contribution is 2.77. The standard InChI is InChI=1S/C24H30O5/c1-22-8-7-17-18(4-3-15-10-16(26)6-9-23(15,17)13-25)24(22)20(29-24)11-19(22)14-2-5-21(27)28-12-14/h2,5,12-13,15-20,26H,3-4,6-11H2,1H3/t15?,16-,17?,18+,19+,20+,22+,23+,24+/m0/s1. The summed E-state index contributed by atoms with van der Waals surface area (Å²) in [6, 6.07) is 3.46. The molecule has 1 aromatic rings. The van der Waals surface area contributed by atoms with Gasteiger partial charge in [0.25, 0.3) is 0 Å². The Bertz CT molecular complexity index is 888. The summed E-state index contributed by atoms with van der Waals surface area (Å²) in [5.74, 6) is 1.45. The molecule has 0 aromatic carbocycles. The summed E-state index contributed by atoms with van der Waals surface area (Å²) in [5, 5.41) is 10.2. The second-order valence-corrected chi connectivity index (χ2v) is 10.7. The maximum absolute atomic E-state index is 12.5. The number of aliphatic hydroxyl groups is 1. The zero-order valence-electron chi connectivity index (χ0n) is 17.0. The van der Waals surface area contributed by atoms with Crippen molar-refractivity contribution in [3.8, 4) is 0 Å². The number of carbonyl (C=O) groups is 1. The van der Waals surface area contributed by atoms with E-state index in [4.69, 9.17) is 9.15 Å². The summed E-state index contributed by atoms with van der Waals surface area (Å²) in [7, 11) is 0. The first-order valence-electron chi connectivity index (χ1n) is 11.4. The largest absolute Gasteiger partial charge is 0.431 e. The van der Waals surface area contributed by atoms with Crippen LogP contribution in [0.25, 0.3) is 0 Å². The van der Waals surface area contributed by atoms with Gasteiger partial charge in [0.15, 0.2) is 0 Å².